The lowest BCUT2D eigenvalue weighted by Crippen LogP contribution is -2.14. The van der Waals surface area contributed by atoms with Gasteiger partial charge in [-0.3, -0.25) is 0 Å². The Morgan fingerprint density at radius 2 is 1.85 bits per heavy atom. The van der Waals surface area contributed by atoms with E-state index in [0.717, 1.165) is 21.3 Å². The average Bonchev–Trinajstić information content (AvgIpc) is 2.61. The second-order valence-electron chi connectivity index (χ2n) is 6.13. The molecule has 8 heteroatoms. The molecule has 0 bridgehead atoms. The SMILES string of the molecule is COc1nnc(N[C@H](C)c2cccc(C(F)(F)F)c2C)c2cc(Br)ccc12. The minimum absolute atomic E-state index is 0.192. The van der Waals surface area contributed by atoms with Crippen molar-refractivity contribution in [3.05, 3.63) is 57.6 Å². The molecule has 0 saturated heterocycles. The number of rotatable bonds is 4. The monoisotopic (exact) mass is 439 g/mol. The van der Waals surface area contributed by atoms with Gasteiger partial charge in [0.1, 0.15) is 0 Å². The van der Waals surface area contributed by atoms with Crippen LogP contribution in [0.25, 0.3) is 10.8 Å². The lowest BCUT2D eigenvalue weighted by molar-refractivity contribution is -0.138. The molecule has 0 aliphatic carbocycles. The third kappa shape index (κ3) is 3.85. The zero-order valence-electron chi connectivity index (χ0n) is 14.9. The van der Waals surface area contributed by atoms with Crippen molar-refractivity contribution in [1.29, 1.82) is 0 Å². The first-order valence-electron chi connectivity index (χ1n) is 8.15. The molecule has 1 heterocycles. The molecule has 1 N–H and O–H groups in total. The summed E-state index contributed by atoms with van der Waals surface area (Å²) in [7, 11) is 1.51. The number of alkyl halides is 3. The topological polar surface area (TPSA) is 47.0 Å². The smallest absolute Gasteiger partial charge is 0.416 e. The first-order valence-corrected chi connectivity index (χ1v) is 8.95. The molecule has 0 fully saturated rings. The predicted octanol–water partition coefficient (Wildman–Crippen LogP) is 5.90. The van der Waals surface area contributed by atoms with Gasteiger partial charge < -0.3 is 10.1 Å². The molecule has 0 unspecified atom stereocenters. The number of hydrogen-bond donors (Lipinski definition) is 1. The second kappa shape index (κ2) is 7.34. The van der Waals surface area contributed by atoms with E-state index < -0.39 is 17.8 Å². The number of nitrogens with zero attached hydrogens (tertiary/aromatic N) is 2. The van der Waals surface area contributed by atoms with Crippen LogP contribution in [0, 0.1) is 6.92 Å². The Labute approximate surface area is 162 Å². The first kappa shape index (κ1) is 19.4. The Bertz CT molecular complexity index is 992. The molecule has 0 aliphatic rings. The van der Waals surface area contributed by atoms with Crippen LogP contribution in [0.5, 0.6) is 5.88 Å². The van der Waals surface area contributed by atoms with Crippen molar-refractivity contribution in [3.8, 4) is 5.88 Å². The molecule has 0 aliphatic heterocycles. The maximum absolute atomic E-state index is 13.2. The minimum atomic E-state index is -4.39. The summed E-state index contributed by atoms with van der Waals surface area (Å²) < 4.78 is 45.7. The van der Waals surface area contributed by atoms with Gasteiger partial charge >= 0.3 is 6.18 Å². The van der Waals surface area contributed by atoms with E-state index in [-0.39, 0.29) is 5.56 Å². The van der Waals surface area contributed by atoms with Crippen LogP contribution in [-0.4, -0.2) is 17.3 Å². The second-order valence-corrected chi connectivity index (χ2v) is 7.05. The molecule has 0 saturated carbocycles. The van der Waals surface area contributed by atoms with Gasteiger partial charge in [0.15, 0.2) is 5.82 Å². The van der Waals surface area contributed by atoms with Gasteiger partial charge in [0.25, 0.3) is 0 Å². The van der Waals surface area contributed by atoms with Crippen molar-refractivity contribution in [3.63, 3.8) is 0 Å². The van der Waals surface area contributed by atoms with Crippen molar-refractivity contribution < 1.29 is 17.9 Å². The first-order chi connectivity index (χ1) is 12.7. The van der Waals surface area contributed by atoms with E-state index in [1.54, 1.807) is 13.0 Å². The number of fused-ring (bicyclic) bond motifs is 1. The maximum Gasteiger partial charge on any atom is 0.416 e. The van der Waals surface area contributed by atoms with Crippen LogP contribution in [0.3, 0.4) is 0 Å². The van der Waals surface area contributed by atoms with Crippen LogP contribution >= 0.6 is 15.9 Å². The highest BCUT2D eigenvalue weighted by atomic mass is 79.9. The van der Waals surface area contributed by atoms with Gasteiger partial charge in [-0.15, -0.1) is 10.2 Å². The zero-order valence-corrected chi connectivity index (χ0v) is 16.4. The summed E-state index contributed by atoms with van der Waals surface area (Å²) in [6, 6.07) is 9.34. The molecule has 1 atom stereocenters. The normalized spacial score (nSPS) is 12.9. The van der Waals surface area contributed by atoms with Crippen LogP contribution in [-0.2, 0) is 6.18 Å². The van der Waals surface area contributed by atoms with E-state index in [4.69, 9.17) is 4.74 Å². The van der Waals surface area contributed by atoms with Crippen molar-refractivity contribution >= 4 is 32.5 Å². The summed E-state index contributed by atoms with van der Waals surface area (Å²) in [5.74, 6) is 0.849. The molecule has 3 rings (SSSR count). The lowest BCUT2D eigenvalue weighted by Gasteiger charge is -2.21. The highest BCUT2D eigenvalue weighted by molar-refractivity contribution is 9.10. The summed E-state index contributed by atoms with van der Waals surface area (Å²) in [4.78, 5) is 0. The van der Waals surface area contributed by atoms with Crippen molar-refractivity contribution in [2.24, 2.45) is 0 Å². The minimum Gasteiger partial charge on any atom is -0.479 e. The fraction of sp³-hybridized carbons (Fsp3) is 0.263. The number of nitrogens with one attached hydrogen (secondary N) is 1. The van der Waals surface area contributed by atoms with E-state index >= 15 is 0 Å². The number of anilines is 1. The number of ether oxygens (including phenoxy) is 1. The van der Waals surface area contributed by atoms with Gasteiger partial charge in [0.2, 0.25) is 5.88 Å². The number of benzene rings is 2. The summed E-state index contributed by atoms with van der Waals surface area (Å²) in [5, 5.41) is 12.9. The molecular weight excluding hydrogens is 423 g/mol. The predicted molar refractivity (Wildman–Crippen MR) is 102 cm³/mol. The van der Waals surface area contributed by atoms with E-state index in [2.05, 4.69) is 31.4 Å². The molecule has 0 amide bonds. The quantitative estimate of drug-likeness (QED) is 0.549. The largest absolute Gasteiger partial charge is 0.479 e. The molecule has 1 aromatic heterocycles. The summed E-state index contributed by atoms with van der Waals surface area (Å²) in [6.45, 7) is 3.27. The van der Waals surface area contributed by atoms with E-state index in [0.29, 0.717) is 17.3 Å². The van der Waals surface area contributed by atoms with Gasteiger partial charge in [-0.05, 0) is 49.2 Å². The van der Waals surface area contributed by atoms with Gasteiger partial charge in [0, 0.05) is 15.2 Å². The highest BCUT2D eigenvalue weighted by Gasteiger charge is 2.33. The molecule has 3 aromatic rings. The zero-order chi connectivity index (χ0) is 19.8. The van der Waals surface area contributed by atoms with Gasteiger partial charge in [-0.25, -0.2) is 0 Å². The Morgan fingerprint density at radius 3 is 2.52 bits per heavy atom. The Hall–Kier alpha value is -2.35. The third-order valence-corrected chi connectivity index (χ3v) is 4.90. The standard InChI is InChI=1S/C19H17BrF3N3O/c1-10-13(5-4-6-16(10)19(21,22)23)11(2)24-17-15-9-12(20)7-8-14(15)18(27-3)26-25-17/h4-9,11H,1-3H3,(H,24,25)/t11-/m1/s1. The fourth-order valence-electron chi connectivity index (χ4n) is 3.07. The lowest BCUT2D eigenvalue weighted by atomic mass is 9.97. The molecular formula is C19H17BrF3N3O. The number of aromatic nitrogens is 2. The Morgan fingerprint density at radius 1 is 1.11 bits per heavy atom. The van der Waals surface area contributed by atoms with Gasteiger partial charge in [0.05, 0.1) is 18.7 Å². The molecule has 142 valence electrons. The maximum atomic E-state index is 13.2. The summed E-state index contributed by atoms with van der Waals surface area (Å²) in [5.41, 5.74) is 0.101. The van der Waals surface area contributed by atoms with E-state index in [1.165, 1.54) is 20.1 Å². The van der Waals surface area contributed by atoms with Crippen molar-refractivity contribution in [2.45, 2.75) is 26.1 Å². The number of halogens is 4. The molecule has 4 nitrogen and oxygen atoms in total. The Balaban J connectivity index is 2.03. The number of hydrogen-bond acceptors (Lipinski definition) is 4. The average molecular weight is 440 g/mol. The fourth-order valence-corrected chi connectivity index (χ4v) is 3.43. The van der Waals surface area contributed by atoms with Crippen LogP contribution in [0.4, 0.5) is 19.0 Å². The van der Waals surface area contributed by atoms with Crippen molar-refractivity contribution in [1.82, 2.24) is 10.2 Å². The highest BCUT2D eigenvalue weighted by Crippen LogP contribution is 2.36. The van der Waals surface area contributed by atoms with Gasteiger partial charge in [-0.2, -0.15) is 13.2 Å². The summed E-state index contributed by atoms with van der Waals surface area (Å²) >= 11 is 3.43. The number of methoxy groups -OCH3 is 1. The van der Waals surface area contributed by atoms with Crippen LogP contribution in [0.15, 0.2) is 40.9 Å². The van der Waals surface area contributed by atoms with Crippen LogP contribution in [0.2, 0.25) is 0 Å². The molecule has 2 aromatic carbocycles. The molecule has 27 heavy (non-hydrogen) atoms. The van der Waals surface area contributed by atoms with Crippen LogP contribution < -0.4 is 10.1 Å². The van der Waals surface area contributed by atoms with Crippen LogP contribution in [0.1, 0.15) is 29.7 Å². The molecule has 0 spiro atoms. The van der Waals surface area contributed by atoms with Gasteiger partial charge in [-0.1, -0.05) is 28.1 Å². The third-order valence-electron chi connectivity index (χ3n) is 4.40. The van der Waals surface area contributed by atoms with E-state index in [1.807, 2.05) is 18.2 Å². The summed E-state index contributed by atoms with van der Waals surface area (Å²) in [6.07, 6.45) is -4.39. The molecule has 0 radical (unpaired) electrons. The van der Waals surface area contributed by atoms with E-state index in [9.17, 15) is 13.2 Å². The van der Waals surface area contributed by atoms with Crippen molar-refractivity contribution in [2.75, 3.05) is 12.4 Å². The Kier molecular flexibility index (Phi) is 5.28.